The van der Waals surface area contributed by atoms with Crippen LogP contribution in [0, 0.1) is 0 Å². The molecule has 3 aliphatic rings. The Morgan fingerprint density at radius 2 is 1.62 bits per heavy atom. The van der Waals surface area contributed by atoms with E-state index in [1.807, 2.05) is 6.07 Å². The third-order valence-electron chi connectivity index (χ3n) is 9.15. The maximum atomic E-state index is 13.8. The van der Waals surface area contributed by atoms with Gasteiger partial charge in [0.05, 0.1) is 18.8 Å². The molecule has 0 radical (unpaired) electrons. The predicted molar refractivity (Wildman–Crippen MR) is 190 cm³/mol. The van der Waals surface area contributed by atoms with Crippen molar-refractivity contribution in [2.24, 2.45) is 0 Å². The van der Waals surface area contributed by atoms with Crippen LogP contribution in [-0.2, 0) is 23.9 Å². The number of hydrogen-bond donors (Lipinski definition) is 3. The number of para-hydroxylation sites is 1. The molecule has 2 aromatic rings. The summed E-state index contributed by atoms with van der Waals surface area (Å²) in [6, 6.07) is 8.59. The average Bonchev–Trinajstić information content (AvgIpc) is 3.78. The molecule has 2 saturated heterocycles. The summed E-state index contributed by atoms with van der Waals surface area (Å²) in [5.74, 6) is -1.65. The molecule has 1 aromatic carbocycles. The van der Waals surface area contributed by atoms with E-state index in [1.165, 1.54) is 25.4 Å². The maximum absolute atomic E-state index is 13.8. The molecule has 2 unspecified atom stereocenters. The lowest BCUT2D eigenvalue weighted by molar-refractivity contribution is -0.140. The van der Waals surface area contributed by atoms with E-state index in [0.717, 1.165) is 19.3 Å². The topological polar surface area (TPSA) is 194 Å². The highest BCUT2D eigenvalue weighted by Crippen LogP contribution is 2.24. The Kier molecular flexibility index (Phi) is 12.8. The molecule has 1 aliphatic carbocycles. The first-order valence-corrected chi connectivity index (χ1v) is 18.2. The van der Waals surface area contributed by atoms with Crippen LogP contribution in [-0.4, -0.2) is 137 Å². The van der Waals surface area contributed by atoms with E-state index < -0.39 is 48.3 Å². The average molecular weight is 739 g/mol. The zero-order valence-electron chi connectivity index (χ0n) is 30.8. The van der Waals surface area contributed by atoms with Gasteiger partial charge in [-0.3, -0.25) is 19.2 Å². The highest BCUT2D eigenvalue weighted by atomic mass is 16.6. The predicted octanol–water partition coefficient (Wildman–Crippen LogP) is 1.83. The molecule has 1 saturated carbocycles. The summed E-state index contributed by atoms with van der Waals surface area (Å²) in [5, 5.41) is 12.7. The third kappa shape index (κ3) is 10.4. The number of rotatable bonds is 12. The third-order valence-corrected chi connectivity index (χ3v) is 9.15. The molecule has 2 atom stereocenters. The number of nitrogens with one attached hydrogen (secondary N) is 3. The Bertz CT molecular complexity index is 1630. The Balaban J connectivity index is 1.30. The van der Waals surface area contributed by atoms with Crippen molar-refractivity contribution in [3.05, 3.63) is 42.1 Å². The molecule has 17 heteroatoms. The van der Waals surface area contributed by atoms with Crippen LogP contribution < -0.4 is 20.7 Å². The number of aromatic nitrogens is 2. The van der Waals surface area contributed by atoms with E-state index in [0.29, 0.717) is 25.1 Å². The second-order valence-corrected chi connectivity index (χ2v) is 14.2. The quantitative estimate of drug-likeness (QED) is 0.289. The summed E-state index contributed by atoms with van der Waals surface area (Å²) >= 11 is 0. The lowest BCUT2D eigenvalue weighted by Crippen LogP contribution is -2.58. The van der Waals surface area contributed by atoms with E-state index in [1.54, 1.807) is 52.0 Å². The van der Waals surface area contributed by atoms with Crippen molar-refractivity contribution >= 4 is 35.8 Å². The summed E-state index contributed by atoms with van der Waals surface area (Å²) in [5.41, 5.74) is -0.361. The van der Waals surface area contributed by atoms with Crippen LogP contribution in [0.2, 0.25) is 0 Å². The van der Waals surface area contributed by atoms with Crippen molar-refractivity contribution < 1.29 is 43.0 Å². The number of carbonyl (C=O) groups is 6. The normalized spacial score (nSPS) is 18.0. The molecule has 5 rings (SSSR count). The molecule has 3 fully saturated rings. The molecular formula is C36H50N8O9. The number of carbonyl (C=O) groups excluding carboxylic acids is 6. The van der Waals surface area contributed by atoms with Gasteiger partial charge in [0, 0.05) is 44.8 Å². The monoisotopic (exact) mass is 738 g/mol. The van der Waals surface area contributed by atoms with Crippen LogP contribution in [0.4, 0.5) is 9.59 Å². The fourth-order valence-electron chi connectivity index (χ4n) is 6.21. The molecule has 53 heavy (non-hydrogen) atoms. The summed E-state index contributed by atoms with van der Waals surface area (Å²) in [4.78, 5) is 83.1. The van der Waals surface area contributed by atoms with Crippen molar-refractivity contribution in [1.82, 2.24) is 40.4 Å². The number of amides is 6. The lowest BCUT2D eigenvalue weighted by atomic mass is 9.93. The summed E-state index contributed by atoms with van der Waals surface area (Å²) in [6.07, 6.45) is 2.99. The molecule has 1 aromatic heterocycles. The summed E-state index contributed by atoms with van der Waals surface area (Å²) < 4.78 is 17.7. The van der Waals surface area contributed by atoms with Gasteiger partial charge in [-0.1, -0.05) is 18.2 Å². The highest BCUT2D eigenvalue weighted by molar-refractivity contribution is 5.97. The summed E-state index contributed by atoms with van der Waals surface area (Å²) in [7, 11) is 0. The molecule has 0 spiro atoms. The van der Waals surface area contributed by atoms with Crippen molar-refractivity contribution in [2.75, 3.05) is 52.5 Å². The van der Waals surface area contributed by atoms with Crippen LogP contribution in [0.5, 0.6) is 5.88 Å². The minimum atomic E-state index is -1.23. The number of hydrogen-bond acceptors (Lipinski definition) is 10. The van der Waals surface area contributed by atoms with Crippen molar-refractivity contribution in [3.8, 4) is 11.6 Å². The Morgan fingerprint density at radius 1 is 0.925 bits per heavy atom. The first-order valence-electron chi connectivity index (χ1n) is 18.2. The van der Waals surface area contributed by atoms with E-state index in [-0.39, 0.29) is 68.8 Å². The molecule has 3 heterocycles. The molecule has 2 aliphatic heterocycles. The van der Waals surface area contributed by atoms with Gasteiger partial charge in [-0.05, 0) is 71.9 Å². The van der Waals surface area contributed by atoms with E-state index in [2.05, 4.69) is 21.0 Å². The van der Waals surface area contributed by atoms with E-state index in [9.17, 15) is 28.8 Å². The number of ether oxygens (including phenoxy) is 3. The van der Waals surface area contributed by atoms with Gasteiger partial charge in [-0.25, -0.2) is 14.3 Å². The first kappa shape index (κ1) is 38.9. The smallest absolute Gasteiger partial charge is 0.409 e. The Morgan fingerprint density at radius 3 is 2.26 bits per heavy atom. The number of piperazine rings is 1. The number of likely N-dealkylation sites (tertiary alicyclic amines) is 1. The number of alkyl carbamates (subject to hydrolysis) is 1. The maximum Gasteiger partial charge on any atom is 0.409 e. The van der Waals surface area contributed by atoms with E-state index in [4.69, 9.17) is 14.2 Å². The fraction of sp³-hybridized carbons (Fsp3) is 0.583. The summed E-state index contributed by atoms with van der Waals surface area (Å²) in [6.45, 7) is 7.62. The highest BCUT2D eigenvalue weighted by Gasteiger charge is 2.36. The van der Waals surface area contributed by atoms with Gasteiger partial charge in [-0.15, -0.1) is 0 Å². The van der Waals surface area contributed by atoms with Crippen LogP contribution in [0.1, 0.15) is 70.3 Å². The standard InChI is InChI=1S/C36H50N8O9/c1-5-51-35(50)42-19-17-41(18-20-42)33(48)27(22-37-34(49)53-36(2,3)4)39-31(46)26-21-30(44(40-26)25-13-7-6-8-14-25)52-23-29(45)43-16-10-15-28(43)32(47)38-24-11-9-12-24/h6-8,13-14,21,24,27-28H,5,9-12,15-20,22-23H2,1-4H3,(H,37,49)(H,38,47)(H,39,46). The number of nitrogens with zero attached hydrogens (tertiary/aromatic N) is 5. The minimum Gasteiger partial charge on any atom is -0.467 e. The van der Waals surface area contributed by atoms with Crippen molar-refractivity contribution in [3.63, 3.8) is 0 Å². The SMILES string of the molecule is CCOC(=O)N1CCN(C(=O)C(CNC(=O)OC(C)(C)C)NC(=O)c2cc(OCC(=O)N3CCCC3C(=O)NC3CCC3)n(-c3ccccc3)n2)CC1. The van der Waals surface area contributed by atoms with Gasteiger partial charge in [0.25, 0.3) is 11.8 Å². The van der Waals surface area contributed by atoms with E-state index >= 15 is 0 Å². The molecule has 288 valence electrons. The lowest BCUT2D eigenvalue weighted by Gasteiger charge is -2.36. The number of benzene rings is 1. The minimum absolute atomic E-state index is 0.0919. The zero-order valence-corrected chi connectivity index (χ0v) is 30.8. The van der Waals surface area contributed by atoms with Crippen LogP contribution >= 0.6 is 0 Å². The first-order chi connectivity index (χ1) is 25.3. The van der Waals surface area contributed by atoms with Gasteiger partial charge in [0.2, 0.25) is 17.7 Å². The van der Waals surface area contributed by atoms with Gasteiger partial charge < -0.3 is 44.9 Å². The molecule has 17 nitrogen and oxygen atoms in total. The van der Waals surface area contributed by atoms with Crippen molar-refractivity contribution in [1.29, 1.82) is 0 Å². The van der Waals surface area contributed by atoms with Gasteiger partial charge >= 0.3 is 12.2 Å². The van der Waals surface area contributed by atoms with Gasteiger partial charge in [0.15, 0.2) is 12.3 Å². The molecule has 3 N–H and O–H groups in total. The Labute approximate surface area is 308 Å². The van der Waals surface area contributed by atoms with Gasteiger partial charge in [0.1, 0.15) is 17.7 Å². The zero-order chi connectivity index (χ0) is 38.1. The molecule has 0 bridgehead atoms. The Hall–Kier alpha value is -5.35. The van der Waals surface area contributed by atoms with Crippen LogP contribution in [0.15, 0.2) is 36.4 Å². The van der Waals surface area contributed by atoms with Crippen molar-refractivity contribution in [2.45, 2.75) is 83.5 Å². The molecular weight excluding hydrogens is 688 g/mol. The van der Waals surface area contributed by atoms with Crippen LogP contribution in [0.25, 0.3) is 5.69 Å². The van der Waals surface area contributed by atoms with Crippen LogP contribution in [0.3, 0.4) is 0 Å². The largest absolute Gasteiger partial charge is 0.467 e. The second-order valence-electron chi connectivity index (χ2n) is 14.2. The molecule has 6 amide bonds. The van der Waals surface area contributed by atoms with Gasteiger partial charge in [-0.2, -0.15) is 5.10 Å². The second kappa shape index (κ2) is 17.4. The fourth-order valence-corrected chi connectivity index (χ4v) is 6.21.